The van der Waals surface area contributed by atoms with Crippen molar-refractivity contribution in [3.8, 4) is 0 Å². The van der Waals surface area contributed by atoms with Gasteiger partial charge in [0, 0.05) is 19.3 Å². The summed E-state index contributed by atoms with van der Waals surface area (Å²) in [6.07, 6.45) is 1.18. The summed E-state index contributed by atoms with van der Waals surface area (Å²) in [5.74, 6) is 1.64. The van der Waals surface area contributed by atoms with E-state index in [2.05, 4.69) is 15.6 Å². The first kappa shape index (κ1) is 18.5. The Morgan fingerprint density at radius 2 is 2.09 bits per heavy atom. The molecule has 0 amide bonds. The van der Waals surface area contributed by atoms with Crippen molar-refractivity contribution in [3.05, 3.63) is 23.7 Å². The molecule has 1 aromatic heterocycles. The minimum atomic E-state index is -3.03. The van der Waals surface area contributed by atoms with Crippen LogP contribution in [0.3, 0.4) is 0 Å². The van der Waals surface area contributed by atoms with Gasteiger partial charge in [-0.1, -0.05) is 0 Å². The van der Waals surface area contributed by atoms with Gasteiger partial charge in [-0.3, -0.25) is 0 Å². The zero-order chi connectivity index (χ0) is 16.8. The maximum Gasteiger partial charge on any atom is 0.191 e. The Labute approximate surface area is 131 Å². The largest absolute Gasteiger partial charge is 0.463 e. The van der Waals surface area contributed by atoms with Crippen LogP contribution in [0.4, 0.5) is 0 Å². The van der Waals surface area contributed by atoms with Crippen LogP contribution in [0, 0.1) is 6.92 Å². The number of aliphatic hydroxyl groups is 1. The molecule has 0 aliphatic rings. The van der Waals surface area contributed by atoms with Crippen LogP contribution in [0.1, 0.15) is 25.4 Å². The van der Waals surface area contributed by atoms with Gasteiger partial charge in [0.1, 0.15) is 27.0 Å². The maximum atomic E-state index is 11.1. The van der Waals surface area contributed by atoms with Crippen LogP contribution in [-0.4, -0.2) is 51.1 Å². The number of furan rings is 1. The van der Waals surface area contributed by atoms with Crippen LogP contribution in [0.25, 0.3) is 0 Å². The quantitative estimate of drug-likeness (QED) is 0.493. The van der Waals surface area contributed by atoms with E-state index in [4.69, 9.17) is 4.42 Å². The van der Waals surface area contributed by atoms with E-state index in [0.29, 0.717) is 18.3 Å². The summed E-state index contributed by atoms with van der Waals surface area (Å²) in [4.78, 5) is 4.28. The van der Waals surface area contributed by atoms with Crippen molar-refractivity contribution in [2.45, 2.75) is 26.4 Å². The van der Waals surface area contributed by atoms with Crippen molar-refractivity contribution in [2.24, 2.45) is 4.99 Å². The molecular weight excluding hydrogens is 306 g/mol. The lowest BCUT2D eigenvalue weighted by Gasteiger charge is -2.19. The molecule has 22 heavy (non-hydrogen) atoms. The topological polar surface area (TPSA) is 104 Å². The molecule has 0 saturated carbocycles. The van der Waals surface area contributed by atoms with Crippen molar-refractivity contribution in [3.63, 3.8) is 0 Å². The second-order valence-electron chi connectivity index (χ2n) is 5.44. The smallest absolute Gasteiger partial charge is 0.191 e. The predicted octanol–water partition coefficient (Wildman–Crippen LogP) is 0.395. The second kappa shape index (κ2) is 7.64. The van der Waals surface area contributed by atoms with Gasteiger partial charge in [-0.25, -0.2) is 13.4 Å². The molecule has 1 aromatic rings. The third-order valence-electron chi connectivity index (χ3n) is 2.93. The molecule has 0 fully saturated rings. The minimum Gasteiger partial charge on any atom is -0.463 e. The van der Waals surface area contributed by atoms with Crippen LogP contribution in [0.2, 0.25) is 0 Å². The summed E-state index contributed by atoms with van der Waals surface area (Å²) in [7, 11) is -3.03. The number of guanidine groups is 1. The standard InChI is InChI=1S/C14H25N3O4S/c1-5-15-13(16-8-9-22(4,19)20)17-10-14(3,18)12-7-6-11(2)21-12/h6-7,18H,5,8-10H2,1-4H3,(H2,15,16,17). The molecule has 0 aliphatic heterocycles. The van der Waals surface area contributed by atoms with E-state index >= 15 is 0 Å². The van der Waals surface area contributed by atoms with Gasteiger partial charge in [-0.2, -0.15) is 0 Å². The Bertz CT molecular complexity index is 605. The van der Waals surface area contributed by atoms with E-state index in [9.17, 15) is 13.5 Å². The summed E-state index contributed by atoms with van der Waals surface area (Å²) in [5, 5.41) is 16.3. The molecule has 1 heterocycles. The van der Waals surface area contributed by atoms with E-state index in [0.717, 1.165) is 5.76 Å². The minimum absolute atomic E-state index is 0.0190. The highest BCUT2D eigenvalue weighted by atomic mass is 32.2. The highest BCUT2D eigenvalue weighted by Gasteiger charge is 2.26. The molecule has 7 nitrogen and oxygen atoms in total. The summed E-state index contributed by atoms with van der Waals surface area (Å²) >= 11 is 0. The van der Waals surface area contributed by atoms with Crippen LogP contribution in [0.5, 0.6) is 0 Å². The van der Waals surface area contributed by atoms with E-state index < -0.39 is 15.4 Å². The molecule has 1 atom stereocenters. The maximum absolute atomic E-state index is 11.1. The van der Waals surface area contributed by atoms with Gasteiger partial charge in [0.25, 0.3) is 0 Å². The summed E-state index contributed by atoms with van der Waals surface area (Å²) in [6, 6.07) is 3.50. The Kier molecular flexibility index (Phi) is 6.43. The number of rotatable bonds is 7. The Hall–Kier alpha value is -1.54. The summed E-state index contributed by atoms with van der Waals surface area (Å²) in [6.45, 7) is 6.31. The highest BCUT2D eigenvalue weighted by molar-refractivity contribution is 7.90. The van der Waals surface area contributed by atoms with Crippen molar-refractivity contribution < 1.29 is 17.9 Å². The molecule has 0 aliphatic carbocycles. The number of aryl methyl sites for hydroxylation is 1. The average molecular weight is 331 g/mol. The fraction of sp³-hybridized carbons (Fsp3) is 0.643. The normalized spacial score (nSPS) is 15.4. The molecule has 8 heteroatoms. The number of sulfone groups is 1. The Morgan fingerprint density at radius 3 is 2.59 bits per heavy atom. The number of aliphatic imine (C=N–C) groups is 1. The van der Waals surface area contributed by atoms with E-state index in [1.54, 1.807) is 26.0 Å². The van der Waals surface area contributed by atoms with Crippen molar-refractivity contribution >= 4 is 15.8 Å². The van der Waals surface area contributed by atoms with Crippen LogP contribution < -0.4 is 10.6 Å². The van der Waals surface area contributed by atoms with Gasteiger partial charge in [0.15, 0.2) is 5.96 Å². The molecule has 1 unspecified atom stereocenters. The molecule has 0 saturated heterocycles. The second-order valence-corrected chi connectivity index (χ2v) is 7.70. The Morgan fingerprint density at radius 1 is 1.41 bits per heavy atom. The van der Waals surface area contributed by atoms with Gasteiger partial charge in [0.2, 0.25) is 0 Å². The van der Waals surface area contributed by atoms with Crippen molar-refractivity contribution in [2.75, 3.05) is 31.6 Å². The third-order valence-corrected chi connectivity index (χ3v) is 3.87. The van der Waals surface area contributed by atoms with Gasteiger partial charge in [0.05, 0.1) is 12.3 Å². The first-order valence-corrected chi connectivity index (χ1v) is 9.19. The highest BCUT2D eigenvalue weighted by Crippen LogP contribution is 2.22. The third kappa shape index (κ3) is 6.48. The lowest BCUT2D eigenvalue weighted by Crippen LogP contribution is -2.40. The van der Waals surface area contributed by atoms with Crippen LogP contribution >= 0.6 is 0 Å². The fourth-order valence-electron chi connectivity index (χ4n) is 1.73. The zero-order valence-electron chi connectivity index (χ0n) is 13.5. The first-order chi connectivity index (χ1) is 10.1. The molecule has 0 aromatic carbocycles. The number of nitrogens with zero attached hydrogens (tertiary/aromatic N) is 1. The molecule has 1 rings (SSSR count). The van der Waals surface area contributed by atoms with E-state index in [1.807, 2.05) is 6.92 Å². The zero-order valence-corrected chi connectivity index (χ0v) is 14.3. The van der Waals surface area contributed by atoms with Gasteiger partial charge in [-0.05, 0) is 32.9 Å². The van der Waals surface area contributed by atoms with Crippen LogP contribution in [0.15, 0.2) is 21.5 Å². The SMILES string of the molecule is CCNC(=NCC(C)(O)c1ccc(C)o1)NCCS(C)(=O)=O. The molecule has 0 spiro atoms. The number of nitrogens with one attached hydrogen (secondary N) is 2. The lowest BCUT2D eigenvalue weighted by molar-refractivity contribution is 0.0428. The molecular formula is C14H25N3O4S. The molecule has 0 radical (unpaired) electrons. The lowest BCUT2D eigenvalue weighted by atomic mass is 10.0. The molecule has 3 N–H and O–H groups in total. The number of hydrogen-bond acceptors (Lipinski definition) is 5. The molecule has 126 valence electrons. The number of hydrogen-bond donors (Lipinski definition) is 3. The van der Waals surface area contributed by atoms with Crippen molar-refractivity contribution in [1.29, 1.82) is 0 Å². The average Bonchev–Trinajstić information content (AvgIpc) is 2.82. The van der Waals surface area contributed by atoms with Crippen molar-refractivity contribution in [1.82, 2.24) is 10.6 Å². The predicted molar refractivity (Wildman–Crippen MR) is 86.7 cm³/mol. The first-order valence-electron chi connectivity index (χ1n) is 7.13. The van der Waals surface area contributed by atoms with Gasteiger partial charge < -0.3 is 20.2 Å². The van der Waals surface area contributed by atoms with Gasteiger partial charge in [-0.15, -0.1) is 0 Å². The van der Waals surface area contributed by atoms with Gasteiger partial charge >= 0.3 is 0 Å². The Balaban J connectivity index is 2.68. The monoisotopic (exact) mass is 331 g/mol. The fourth-order valence-corrected chi connectivity index (χ4v) is 2.20. The molecule has 0 bridgehead atoms. The van der Waals surface area contributed by atoms with E-state index in [1.165, 1.54) is 6.26 Å². The summed E-state index contributed by atoms with van der Waals surface area (Å²) in [5.41, 5.74) is -1.23. The van der Waals surface area contributed by atoms with E-state index in [-0.39, 0.29) is 18.8 Å². The van der Waals surface area contributed by atoms with Crippen LogP contribution in [-0.2, 0) is 15.4 Å². The summed E-state index contributed by atoms with van der Waals surface area (Å²) < 4.78 is 27.7.